The van der Waals surface area contributed by atoms with Gasteiger partial charge in [0.1, 0.15) is 0 Å². The summed E-state index contributed by atoms with van der Waals surface area (Å²) in [7, 11) is 2.28. The average molecular weight is 320 g/mol. The maximum absolute atomic E-state index is 2.69. The summed E-state index contributed by atoms with van der Waals surface area (Å²) in [6, 6.07) is 18.8. The highest BCUT2D eigenvalue weighted by Gasteiger charge is 2.40. The lowest BCUT2D eigenvalue weighted by atomic mass is 9.81. The third kappa shape index (κ3) is 3.13. The van der Waals surface area contributed by atoms with Crippen LogP contribution in [0.15, 0.2) is 48.5 Å². The molecular weight excluding hydrogens is 292 g/mol. The van der Waals surface area contributed by atoms with Gasteiger partial charge in [0.15, 0.2) is 0 Å². The van der Waals surface area contributed by atoms with E-state index in [1.165, 1.54) is 61.3 Å². The molecule has 0 aromatic heterocycles. The molecule has 2 nitrogen and oxygen atoms in total. The van der Waals surface area contributed by atoms with Crippen molar-refractivity contribution in [1.82, 2.24) is 9.80 Å². The molecule has 0 bridgehead atoms. The van der Waals surface area contributed by atoms with Gasteiger partial charge in [-0.15, -0.1) is 0 Å². The number of hydrogen-bond acceptors (Lipinski definition) is 2. The summed E-state index contributed by atoms with van der Waals surface area (Å²) in [5.41, 5.74) is 5.49. The molecule has 2 atom stereocenters. The van der Waals surface area contributed by atoms with Gasteiger partial charge in [-0.05, 0) is 56.6 Å². The lowest BCUT2D eigenvalue weighted by molar-refractivity contribution is 0.0231. The number of nitrogens with zero attached hydrogens (tertiary/aromatic N) is 2. The van der Waals surface area contributed by atoms with Crippen molar-refractivity contribution in [3.63, 3.8) is 0 Å². The SMILES string of the molecule is Cc1cccc(-c2ccc(C3CN4CCCCN(C)C[C@@H]34)cc2)c1. The van der Waals surface area contributed by atoms with Crippen molar-refractivity contribution in [3.8, 4) is 11.1 Å². The van der Waals surface area contributed by atoms with Gasteiger partial charge in [0.2, 0.25) is 0 Å². The zero-order valence-electron chi connectivity index (χ0n) is 14.9. The lowest BCUT2D eigenvalue weighted by Gasteiger charge is -2.51. The average Bonchev–Trinajstić information content (AvgIpc) is 2.58. The fourth-order valence-corrected chi connectivity index (χ4v) is 4.31. The van der Waals surface area contributed by atoms with Gasteiger partial charge in [-0.3, -0.25) is 4.90 Å². The molecule has 0 spiro atoms. The van der Waals surface area contributed by atoms with Crippen LogP contribution < -0.4 is 0 Å². The molecular formula is C22H28N2. The van der Waals surface area contributed by atoms with E-state index >= 15 is 0 Å². The van der Waals surface area contributed by atoms with E-state index in [0.717, 1.165) is 0 Å². The molecule has 0 N–H and O–H groups in total. The molecule has 2 aliphatic rings. The van der Waals surface area contributed by atoms with Gasteiger partial charge in [-0.1, -0.05) is 54.1 Å². The predicted molar refractivity (Wildman–Crippen MR) is 101 cm³/mol. The number of rotatable bonds is 2. The minimum atomic E-state index is 0.706. The van der Waals surface area contributed by atoms with Crippen LogP contribution in [0.25, 0.3) is 11.1 Å². The third-order valence-corrected chi connectivity index (χ3v) is 5.79. The van der Waals surface area contributed by atoms with Crippen LogP contribution in [0.4, 0.5) is 0 Å². The number of aryl methyl sites for hydroxylation is 1. The van der Waals surface area contributed by atoms with Crippen LogP contribution in [-0.4, -0.2) is 49.1 Å². The first-order valence-corrected chi connectivity index (χ1v) is 9.30. The van der Waals surface area contributed by atoms with Crippen molar-refractivity contribution in [2.24, 2.45) is 0 Å². The van der Waals surface area contributed by atoms with Crippen molar-refractivity contribution in [1.29, 1.82) is 0 Å². The molecule has 2 aromatic rings. The zero-order chi connectivity index (χ0) is 16.5. The van der Waals surface area contributed by atoms with E-state index in [1.54, 1.807) is 0 Å². The highest BCUT2D eigenvalue weighted by molar-refractivity contribution is 5.64. The Morgan fingerprint density at radius 1 is 0.875 bits per heavy atom. The molecule has 0 radical (unpaired) electrons. The molecule has 4 rings (SSSR count). The van der Waals surface area contributed by atoms with Crippen LogP contribution in [0.5, 0.6) is 0 Å². The largest absolute Gasteiger partial charge is 0.305 e. The summed E-state index contributed by atoms with van der Waals surface area (Å²) in [4.78, 5) is 5.21. The predicted octanol–water partition coefficient (Wildman–Crippen LogP) is 4.16. The Morgan fingerprint density at radius 3 is 2.46 bits per heavy atom. The van der Waals surface area contributed by atoms with Crippen molar-refractivity contribution in [2.45, 2.75) is 31.7 Å². The third-order valence-electron chi connectivity index (χ3n) is 5.79. The Morgan fingerprint density at radius 2 is 1.67 bits per heavy atom. The van der Waals surface area contributed by atoms with E-state index in [-0.39, 0.29) is 0 Å². The van der Waals surface area contributed by atoms with E-state index in [1.807, 2.05) is 0 Å². The van der Waals surface area contributed by atoms with Crippen LogP contribution in [0.2, 0.25) is 0 Å². The number of benzene rings is 2. The molecule has 2 aromatic carbocycles. The van der Waals surface area contributed by atoms with Crippen molar-refractivity contribution in [2.75, 3.05) is 33.2 Å². The summed E-state index contributed by atoms with van der Waals surface area (Å²) < 4.78 is 0. The first-order valence-electron chi connectivity index (χ1n) is 9.30. The quantitative estimate of drug-likeness (QED) is 0.820. The minimum Gasteiger partial charge on any atom is -0.305 e. The second kappa shape index (κ2) is 6.70. The van der Waals surface area contributed by atoms with Gasteiger partial charge in [0.05, 0.1) is 0 Å². The zero-order valence-corrected chi connectivity index (χ0v) is 14.9. The minimum absolute atomic E-state index is 0.706. The Labute approximate surface area is 146 Å². The van der Waals surface area contributed by atoms with E-state index < -0.39 is 0 Å². The summed E-state index contributed by atoms with van der Waals surface area (Å²) in [5, 5.41) is 0. The molecule has 1 unspecified atom stereocenters. The first kappa shape index (κ1) is 15.9. The highest BCUT2D eigenvalue weighted by atomic mass is 15.3. The first-order chi connectivity index (χ1) is 11.7. The molecule has 0 aliphatic carbocycles. The molecule has 2 fully saturated rings. The van der Waals surface area contributed by atoms with Gasteiger partial charge < -0.3 is 4.90 Å². The van der Waals surface area contributed by atoms with Gasteiger partial charge >= 0.3 is 0 Å². The van der Waals surface area contributed by atoms with Crippen LogP contribution in [0.3, 0.4) is 0 Å². The fraction of sp³-hybridized carbons (Fsp3) is 0.455. The molecule has 0 amide bonds. The van der Waals surface area contributed by atoms with Gasteiger partial charge in [-0.2, -0.15) is 0 Å². The Bertz CT molecular complexity index is 691. The van der Waals surface area contributed by atoms with Gasteiger partial charge in [0, 0.05) is 25.0 Å². The molecule has 2 aliphatic heterocycles. The van der Waals surface area contributed by atoms with Crippen LogP contribution >= 0.6 is 0 Å². The normalized spacial score (nSPS) is 25.4. The fourth-order valence-electron chi connectivity index (χ4n) is 4.31. The van der Waals surface area contributed by atoms with E-state index in [2.05, 4.69) is 72.3 Å². The van der Waals surface area contributed by atoms with Crippen molar-refractivity contribution < 1.29 is 0 Å². The molecule has 2 heterocycles. The van der Waals surface area contributed by atoms with Crippen LogP contribution in [0, 0.1) is 6.92 Å². The molecule has 2 saturated heterocycles. The van der Waals surface area contributed by atoms with Crippen LogP contribution in [-0.2, 0) is 0 Å². The van der Waals surface area contributed by atoms with E-state index in [0.29, 0.717) is 12.0 Å². The summed E-state index contributed by atoms with van der Waals surface area (Å²) in [6.07, 6.45) is 2.69. The highest BCUT2D eigenvalue weighted by Crippen LogP contribution is 2.36. The molecule has 0 saturated carbocycles. The Kier molecular flexibility index (Phi) is 4.43. The second-order valence-corrected chi connectivity index (χ2v) is 7.63. The number of hydrogen-bond donors (Lipinski definition) is 0. The van der Waals surface area contributed by atoms with E-state index in [9.17, 15) is 0 Å². The summed E-state index contributed by atoms with van der Waals surface area (Å²) in [6.45, 7) is 7.15. The standard InChI is InChI=1S/C22H28N2/c1-17-6-5-7-20(14-17)18-8-10-19(11-9-18)21-15-24-13-4-3-12-23(2)16-22(21)24/h5-11,14,21-22H,3-4,12-13,15-16H2,1-2H3/t21?,22-/m0/s1. The van der Waals surface area contributed by atoms with E-state index in [4.69, 9.17) is 0 Å². The lowest BCUT2D eigenvalue weighted by Crippen LogP contribution is -2.59. The molecule has 126 valence electrons. The molecule has 24 heavy (non-hydrogen) atoms. The smallest absolute Gasteiger partial charge is 0.0304 e. The van der Waals surface area contributed by atoms with Gasteiger partial charge in [0.25, 0.3) is 0 Å². The van der Waals surface area contributed by atoms with Crippen LogP contribution in [0.1, 0.15) is 29.9 Å². The number of likely N-dealkylation sites (N-methyl/N-ethyl adjacent to an activating group) is 1. The van der Waals surface area contributed by atoms with Crippen molar-refractivity contribution >= 4 is 0 Å². The summed E-state index contributed by atoms with van der Waals surface area (Å²) in [5.74, 6) is 0.706. The summed E-state index contributed by atoms with van der Waals surface area (Å²) >= 11 is 0. The Balaban J connectivity index is 1.51. The maximum Gasteiger partial charge on any atom is 0.0304 e. The monoisotopic (exact) mass is 320 g/mol. The Hall–Kier alpha value is -1.64. The van der Waals surface area contributed by atoms with Crippen molar-refractivity contribution in [3.05, 3.63) is 59.7 Å². The second-order valence-electron chi connectivity index (χ2n) is 7.63. The molecule has 2 heteroatoms. The maximum atomic E-state index is 2.69. The topological polar surface area (TPSA) is 6.48 Å². The van der Waals surface area contributed by atoms with Gasteiger partial charge in [-0.25, -0.2) is 0 Å². The number of fused-ring (bicyclic) bond motifs is 1.